The molecule has 0 saturated heterocycles. The molecule has 33 heavy (non-hydrogen) atoms. The van der Waals surface area contributed by atoms with Crippen LogP contribution >= 0.6 is 0 Å². The Hall–Kier alpha value is -3.65. The standard InChI is InChI=1S/C25H28N4O3S/c1-3-7-22(28-20-9-6-8-18(16-20)24(26)27)25(30)29-19-14-12-17(13-15-19)21-10-4-5-11-23(21)33(2,31)32/h4-6,8-16,22,28H,3,7H2,1-2H3,(H3,26,27)(H,29,30)/t22-/m0/s1. The first kappa shape index (κ1) is 24.0. The van der Waals surface area contributed by atoms with Gasteiger partial charge >= 0.3 is 0 Å². The van der Waals surface area contributed by atoms with Gasteiger partial charge in [0.1, 0.15) is 11.9 Å². The number of hydrogen-bond donors (Lipinski definition) is 4. The molecule has 3 aromatic carbocycles. The van der Waals surface area contributed by atoms with Gasteiger partial charge in [0.25, 0.3) is 0 Å². The molecular formula is C25H28N4O3S. The van der Waals surface area contributed by atoms with Crippen molar-refractivity contribution in [3.05, 3.63) is 78.4 Å². The number of rotatable bonds is 9. The minimum Gasteiger partial charge on any atom is -0.384 e. The Morgan fingerprint density at radius 1 is 1.00 bits per heavy atom. The highest BCUT2D eigenvalue weighted by Crippen LogP contribution is 2.28. The molecule has 0 bridgehead atoms. The van der Waals surface area contributed by atoms with Gasteiger partial charge in [-0.1, -0.05) is 55.8 Å². The number of benzene rings is 3. The lowest BCUT2D eigenvalue weighted by Gasteiger charge is -2.19. The van der Waals surface area contributed by atoms with Crippen LogP contribution in [0, 0.1) is 5.41 Å². The summed E-state index contributed by atoms with van der Waals surface area (Å²) in [6, 6.07) is 20.6. The van der Waals surface area contributed by atoms with Crippen LogP contribution in [0.2, 0.25) is 0 Å². The maximum Gasteiger partial charge on any atom is 0.246 e. The minimum absolute atomic E-state index is 0.0346. The Labute approximate surface area is 194 Å². The molecule has 1 atom stereocenters. The Kier molecular flexibility index (Phi) is 7.50. The number of nitrogens with two attached hydrogens (primary N) is 1. The SMILES string of the molecule is CCC[C@H](Nc1cccc(C(=N)N)c1)C(=O)Nc1ccc(-c2ccccc2S(C)(=O)=O)cc1. The Balaban J connectivity index is 1.76. The number of sulfone groups is 1. The second kappa shape index (κ2) is 10.3. The van der Waals surface area contributed by atoms with E-state index >= 15 is 0 Å². The lowest BCUT2D eigenvalue weighted by atomic mass is 10.1. The zero-order valence-electron chi connectivity index (χ0n) is 18.6. The van der Waals surface area contributed by atoms with Crippen molar-refractivity contribution in [1.29, 1.82) is 5.41 Å². The van der Waals surface area contributed by atoms with Crippen LogP contribution in [0.4, 0.5) is 11.4 Å². The third-order valence-electron chi connectivity index (χ3n) is 5.16. The Morgan fingerprint density at radius 3 is 2.33 bits per heavy atom. The highest BCUT2D eigenvalue weighted by molar-refractivity contribution is 7.90. The van der Waals surface area contributed by atoms with Gasteiger partial charge in [-0.15, -0.1) is 0 Å². The third kappa shape index (κ3) is 6.20. The van der Waals surface area contributed by atoms with E-state index in [0.717, 1.165) is 12.0 Å². The maximum absolute atomic E-state index is 12.9. The molecule has 0 spiro atoms. The second-order valence-corrected chi connectivity index (χ2v) is 9.80. The van der Waals surface area contributed by atoms with E-state index in [9.17, 15) is 13.2 Å². The van der Waals surface area contributed by atoms with Gasteiger partial charge in [0, 0.05) is 28.8 Å². The first-order valence-electron chi connectivity index (χ1n) is 10.6. The smallest absolute Gasteiger partial charge is 0.246 e. The van der Waals surface area contributed by atoms with Crippen LogP contribution in [-0.4, -0.2) is 32.5 Å². The minimum atomic E-state index is -3.37. The van der Waals surface area contributed by atoms with Gasteiger partial charge in [0.15, 0.2) is 9.84 Å². The van der Waals surface area contributed by atoms with Crippen molar-refractivity contribution >= 4 is 33.0 Å². The lowest BCUT2D eigenvalue weighted by Crippen LogP contribution is -2.34. The highest BCUT2D eigenvalue weighted by atomic mass is 32.2. The molecule has 0 heterocycles. The van der Waals surface area contributed by atoms with Crippen molar-refractivity contribution in [3.63, 3.8) is 0 Å². The molecule has 5 N–H and O–H groups in total. The number of carbonyl (C=O) groups excluding carboxylic acids is 1. The van der Waals surface area contributed by atoms with Crippen LogP contribution in [-0.2, 0) is 14.6 Å². The van der Waals surface area contributed by atoms with Crippen LogP contribution in [0.25, 0.3) is 11.1 Å². The summed E-state index contributed by atoms with van der Waals surface area (Å²) in [6.45, 7) is 2.00. The molecule has 0 aliphatic rings. The molecule has 0 aliphatic heterocycles. The molecule has 172 valence electrons. The number of anilines is 2. The van der Waals surface area contributed by atoms with Crippen LogP contribution in [0.15, 0.2) is 77.7 Å². The maximum atomic E-state index is 12.9. The van der Waals surface area contributed by atoms with E-state index in [2.05, 4.69) is 10.6 Å². The van der Waals surface area contributed by atoms with Gasteiger partial charge < -0.3 is 16.4 Å². The summed E-state index contributed by atoms with van der Waals surface area (Å²) in [5.74, 6) is -0.220. The fraction of sp³-hybridized carbons (Fsp3) is 0.200. The number of nitrogen functional groups attached to an aromatic ring is 1. The molecule has 0 aliphatic carbocycles. The molecule has 3 aromatic rings. The molecule has 1 amide bonds. The normalized spacial score (nSPS) is 12.1. The molecule has 0 unspecified atom stereocenters. The van der Waals surface area contributed by atoms with Crippen LogP contribution < -0.4 is 16.4 Å². The largest absolute Gasteiger partial charge is 0.384 e. The summed E-state index contributed by atoms with van der Waals surface area (Å²) in [4.78, 5) is 13.2. The van der Waals surface area contributed by atoms with E-state index in [-0.39, 0.29) is 16.6 Å². The number of amidine groups is 1. The number of hydrogen-bond acceptors (Lipinski definition) is 5. The van der Waals surface area contributed by atoms with Crippen molar-refractivity contribution < 1.29 is 13.2 Å². The van der Waals surface area contributed by atoms with Crippen molar-refractivity contribution in [1.82, 2.24) is 0 Å². The average Bonchev–Trinajstić information content (AvgIpc) is 2.79. The highest BCUT2D eigenvalue weighted by Gasteiger charge is 2.18. The van der Waals surface area contributed by atoms with Gasteiger partial charge in [-0.2, -0.15) is 0 Å². The zero-order chi connectivity index (χ0) is 24.0. The van der Waals surface area contributed by atoms with E-state index in [1.54, 1.807) is 66.7 Å². The quantitative estimate of drug-likeness (QED) is 0.278. The van der Waals surface area contributed by atoms with E-state index < -0.39 is 15.9 Å². The first-order valence-corrected chi connectivity index (χ1v) is 12.5. The molecule has 7 nitrogen and oxygen atoms in total. The van der Waals surface area contributed by atoms with Gasteiger partial charge in [-0.05, 0) is 42.3 Å². The van der Waals surface area contributed by atoms with E-state index in [4.69, 9.17) is 11.1 Å². The molecule has 0 saturated carbocycles. The average molecular weight is 465 g/mol. The predicted molar refractivity (Wildman–Crippen MR) is 133 cm³/mol. The van der Waals surface area contributed by atoms with Crippen LogP contribution in [0.3, 0.4) is 0 Å². The summed E-state index contributed by atoms with van der Waals surface area (Å²) in [5.41, 5.74) is 8.84. The molecule has 8 heteroatoms. The van der Waals surface area contributed by atoms with Gasteiger partial charge in [0.05, 0.1) is 4.90 Å². The second-order valence-electron chi connectivity index (χ2n) is 7.82. The summed E-state index contributed by atoms with van der Waals surface area (Å²) in [7, 11) is -3.37. The van der Waals surface area contributed by atoms with Gasteiger partial charge in [-0.3, -0.25) is 10.2 Å². The van der Waals surface area contributed by atoms with Gasteiger partial charge in [-0.25, -0.2) is 8.42 Å². The predicted octanol–water partition coefficient (Wildman–Crippen LogP) is 4.26. The number of amides is 1. The monoisotopic (exact) mass is 464 g/mol. The summed E-state index contributed by atoms with van der Waals surface area (Å²) in [6.07, 6.45) is 2.61. The Bertz CT molecular complexity index is 1250. The van der Waals surface area contributed by atoms with E-state index in [1.165, 1.54) is 6.26 Å². The summed E-state index contributed by atoms with van der Waals surface area (Å²) in [5, 5.41) is 13.7. The van der Waals surface area contributed by atoms with Crippen molar-refractivity contribution in [3.8, 4) is 11.1 Å². The van der Waals surface area contributed by atoms with Crippen molar-refractivity contribution in [2.75, 3.05) is 16.9 Å². The first-order chi connectivity index (χ1) is 15.7. The Morgan fingerprint density at radius 2 is 1.70 bits per heavy atom. The lowest BCUT2D eigenvalue weighted by molar-refractivity contribution is -0.117. The molecule has 3 rings (SSSR count). The van der Waals surface area contributed by atoms with Crippen LogP contribution in [0.5, 0.6) is 0 Å². The topological polar surface area (TPSA) is 125 Å². The molecule has 0 aromatic heterocycles. The molecule has 0 radical (unpaired) electrons. The van der Waals surface area contributed by atoms with Crippen LogP contribution in [0.1, 0.15) is 25.3 Å². The fourth-order valence-electron chi connectivity index (χ4n) is 3.53. The zero-order valence-corrected chi connectivity index (χ0v) is 19.4. The number of nitrogens with one attached hydrogen (secondary N) is 3. The fourth-order valence-corrected chi connectivity index (χ4v) is 4.44. The van der Waals surface area contributed by atoms with E-state index in [0.29, 0.717) is 28.9 Å². The molecular weight excluding hydrogens is 436 g/mol. The van der Waals surface area contributed by atoms with Gasteiger partial charge in [0.2, 0.25) is 5.91 Å². The summed E-state index contributed by atoms with van der Waals surface area (Å²) < 4.78 is 24.2. The number of carbonyl (C=O) groups is 1. The third-order valence-corrected chi connectivity index (χ3v) is 6.31. The molecule has 0 fully saturated rings. The van der Waals surface area contributed by atoms with Crippen molar-refractivity contribution in [2.45, 2.75) is 30.7 Å². The van der Waals surface area contributed by atoms with E-state index in [1.807, 2.05) is 13.0 Å². The van der Waals surface area contributed by atoms with Crippen molar-refractivity contribution in [2.24, 2.45) is 5.73 Å². The summed E-state index contributed by atoms with van der Waals surface area (Å²) >= 11 is 0.